The van der Waals surface area contributed by atoms with E-state index in [1.807, 2.05) is 42.5 Å². The number of hydrogen-bond acceptors (Lipinski definition) is 4. The number of Topliss-reactive ketones (excluding diaryl/α,β-unsaturated/α-hetero) is 1. The number of ether oxygens (including phenoxy) is 2. The van der Waals surface area contributed by atoms with Crippen molar-refractivity contribution in [1.82, 2.24) is 0 Å². The lowest BCUT2D eigenvalue weighted by Crippen LogP contribution is -2.26. The van der Waals surface area contributed by atoms with E-state index in [0.717, 1.165) is 11.1 Å². The SMILES string of the molecule is CCOC(=O)C1CCOc2c(cccc2-c2ccccc2)C1=O. The molecule has 0 spiro atoms. The summed E-state index contributed by atoms with van der Waals surface area (Å²) in [6, 6.07) is 15.2. The van der Waals surface area contributed by atoms with Gasteiger partial charge in [-0.15, -0.1) is 0 Å². The van der Waals surface area contributed by atoms with Gasteiger partial charge in [0.25, 0.3) is 0 Å². The molecule has 23 heavy (non-hydrogen) atoms. The van der Waals surface area contributed by atoms with Crippen molar-refractivity contribution in [2.24, 2.45) is 5.92 Å². The third-order valence-electron chi connectivity index (χ3n) is 3.91. The molecule has 4 nitrogen and oxygen atoms in total. The van der Waals surface area contributed by atoms with Gasteiger partial charge >= 0.3 is 5.97 Å². The van der Waals surface area contributed by atoms with Crippen LogP contribution >= 0.6 is 0 Å². The molecular formula is C19H18O4. The van der Waals surface area contributed by atoms with Gasteiger partial charge in [-0.2, -0.15) is 0 Å². The third-order valence-corrected chi connectivity index (χ3v) is 3.91. The zero-order valence-electron chi connectivity index (χ0n) is 13.0. The Kier molecular flexibility index (Phi) is 4.42. The summed E-state index contributed by atoms with van der Waals surface area (Å²) < 4.78 is 10.9. The van der Waals surface area contributed by atoms with Crippen LogP contribution in [0.5, 0.6) is 5.75 Å². The van der Waals surface area contributed by atoms with Crippen molar-refractivity contribution < 1.29 is 19.1 Å². The molecule has 0 amide bonds. The minimum absolute atomic E-state index is 0.228. The number of carbonyl (C=O) groups excluding carboxylic acids is 2. The Balaban J connectivity index is 2.03. The normalized spacial score (nSPS) is 16.9. The molecule has 2 aromatic rings. The van der Waals surface area contributed by atoms with Gasteiger partial charge in [0.1, 0.15) is 11.7 Å². The van der Waals surface area contributed by atoms with Crippen molar-refractivity contribution in [1.29, 1.82) is 0 Å². The van der Waals surface area contributed by atoms with E-state index in [1.54, 1.807) is 13.0 Å². The number of benzene rings is 2. The highest BCUT2D eigenvalue weighted by atomic mass is 16.5. The van der Waals surface area contributed by atoms with E-state index in [1.165, 1.54) is 0 Å². The average Bonchev–Trinajstić information content (AvgIpc) is 2.75. The van der Waals surface area contributed by atoms with Gasteiger partial charge in [-0.05, 0) is 18.6 Å². The van der Waals surface area contributed by atoms with E-state index >= 15 is 0 Å². The lowest BCUT2D eigenvalue weighted by Gasteiger charge is -2.13. The molecule has 1 aliphatic heterocycles. The Morgan fingerprint density at radius 1 is 1.13 bits per heavy atom. The molecular weight excluding hydrogens is 292 g/mol. The standard InChI is InChI=1S/C19H18O4/c1-2-22-19(21)16-11-12-23-18-14(13-7-4-3-5-8-13)9-6-10-15(18)17(16)20/h3-10,16H,2,11-12H2,1H3. The molecule has 4 heteroatoms. The summed E-state index contributed by atoms with van der Waals surface area (Å²) in [5, 5.41) is 0. The van der Waals surface area contributed by atoms with Gasteiger partial charge in [-0.3, -0.25) is 9.59 Å². The summed E-state index contributed by atoms with van der Waals surface area (Å²) >= 11 is 0. The number of para-hydroxylation sites is 1. The molecule has 0 radical (unpaired) electrons. The molecule has 3 rings (SSSR count). The predicted octanol–water partition coefficient (Wildman–Crippen LogP) is 3.50. The molecule has 0 fully saturated rings. The summed E-state index contributed by atoms with van der Waals surface area (Å²) in [4.78, 5) is 24.8. The monoisotopic (exact) mass is 310 g/mol. The van der Waals surface area contributed by atoms with E-state index in [-0.39, 0.29) is 12.4 Å². The van der Waals surface area contributed by atoms with E-state index in [2.05, 4.69) is 0 Å². The van der Waals surface area contributed by atoms with E-state index < -0.39 is 11.9 Å². The fourth-order valence-corrected chi connectivity index (χ4v) is 2.80. The number of rotatable bonds is 3. The molecule has 0 bridgehead atoms. The summed E-state index contributed by atoms with van der Waals surface area (Å²) in [5.74, 6) is -0.939. The topological polar surface area (TPSA) is 52.6 Å². The smallest absolute Gasteiger partial charge is 0.316 e. The number of esters is 1. The van der Waals surface area contributed by atoms with Crippen LogP contribution in [0.15, 0.2) is 48.5 Å². The molecule has 0 aromatic heterocycles. The second-order valence-corrected chi connectivity index (χ2v) is 5.35. The van der Waals surface area contributed by atoms with Crippen LogP contribution in [0.3, 0.4) is 0 Å². The molecule has 118 valence electrons. The first-order valence-electron chi connectivity index (χ1n) is 7.74. The van der Waals surface area contributed by atoms with Crippen LogP contribution in [0.25, 0.3) is 11.1 Å². The fourth-order valence-electron chi connectivity index (χ4n) is 2.80. The zero-order valence-corrected chi connectivity index (χ0v) is 13.0. The van der Waals surface area contributed by atoms with Gasteiger partial charge < -0.3 is 9.47 Å². The molecule has 1 aliphatic rings. The Bertz CT molecular complexity index is 721. The Labute approximate surface area is 135 Å². The quantitative estimate of drug-likeness (QED) is 0.643. The van der Waals surface area contributed by atoms with Crippen LogP contribution in [-0.4, -0.2) is 25.0 Å². The molecule has 1 unspecified atom stereocenters. The summed E-state index contributed by atoms with van der Waals surface area (Å²) in [5.41, 5.74) is 2.29. The Morgan fingerprint density at radius 2 is 1.87 bits per heavy atom. The van der Waals surface area contributed by atoms with Crippen molar-refractivity contribution >= 4 is 11.8 Å². The van der Waals surface area contributed by atoms with Crippen LogP contribution in [0.4, 0.5) is 0 Å². The maximum atomic E-state index is 12.8. The van der Waals surface area contributed by atoms with Crippen molar-refractivity contribution in [2.75, 3.05) is 13.2 Å². The van der Waals surface area contributed by atoms with Gasteiger partial charge in [-0.1, -0.05) is 42.5 Å². The largest absolute Gasteiger partial charge is 0.492 e. The minimum Gasteiger partial charge on any atom is -0.492 e. The molecule has 1 atom stereocenters. The van der Waals surface area contributed by atoms with Crippen LogP contribution in [-0.2, 0) is 9.53 Å². The minimum atomic E-state index is -0.790. The lowest BCUT2D eigenvalue weighted by atomic mass is 9.93. The van der Waals surface area contributed by atoms with Crippen molar-refractivity contribution in [3.05, 3.63) is 54.1 Å². The first kappa shape index (κ1) is 15.3. The van der Waals surface area contributed by atoms with Crippen molar-refractivity contribution in [3.8, 4) is 16.9 Å². The van der Waals surface area contributed by atoms with Gasteiger partial charge in [-0.25, -0.2) is 0 Å². The number of hydrogen-bond donors (Lipinski definition) is 0. The number of ketones is 1. The Morgan fingerprint density at radius 3 is 2.61 bits per heavy atom. The van der Waals surface area contributed by atoms with Crippen LogP contribution < -0.4 is 4.74 Å². The van der Waals surface area contributed by atoms with E-state index in [9.17, 15) is 9.59 Å². The molecule has 0 aliphatic carbocycles. The van der Waals surface area contributed by atoms with Crippen molar-refractivity contribution in [2.45, 2.75) is 13.3 Å². The van der Waals surface area contributed by atoms with E-state index in [4.69, 9.17) is 9.47 Å². The second kappa shape index (κ2) is 6.65. The van der Waals surface area contributed by atoms with Gasteiger partial charge in [0.2, 0.25) is 0 Å². The van der Waals surface area contributed by atoms with Crippen LogP contribution in [0, 0.1) is 5.92 Å². The first-order chi connectivity index (χ1) is 11.2. The zero-order chi connectivity index (χ0) is 16.2. The molecule has 1 heterocycles. The van der Waals surface area contributed by atoms with Gasteiger partial charge in [0.05, 0.1) is 18.8 Å². The summed E-state index contributed by atoms with van der Waals surface area (Å²) in [6.45, 7) is 2.31. The highest BCUT2D eigenvalue weighted by Gasteiger charge is 2.34. The highest BCUT2D eigenvalue weighted by molar-refractivity contribution is 6.11. The summed E-state index contributed by atoms with van der Waals surface area (Å²) in [6.07, 6.45) is 0.334. The predicted molar refractivity (Wildman–Crippen MR) is 86.4 cm³/mol. The van der Waals surface area contributed by atoms with Gasteiger partial charge in [0, 0.05) is 12.0 Å². The average molecular weight is 310 g/mol. The molecule has 0 N–H and O–H groups in total. The van der Waals surface area contributed by atoms with Crippen LogP contribution in [0.1, 0.15) is 23.7 Å². The third kappa shape index (κ3) is 2.97. The van der Waals surface area contributed by atoms with E-state index in [0.29, 0.717) is 24.3 Å². The summed E-state index contributed by atoms with van der Waals surface area (Å²) in [7, 11) is 0. The second-order valence-electron chi connectivity index (χ2n) is 5.35. The number of carbonyl (C=O) groups is 2. The first-order valence-corrected chi connectivity index (χ1v) is 7.74. The van der Waals surface area contributed by atoms with Crippen molar-refractivity contribution in [3.63, 3.8) is 0 Å². The molecule has 2 aromatic carbocycles. The maximum absolute atomic E-state index is 12.8. The lowest BCUT2D eigenvalue weighted by molar-refractivity contribution is -0.146. The van der Waals surface area contributed by atoms with Gasteiger partial charge in [0.15, 0.2) is 5.78 Å². The molecule has 0 saturated carbocycles. The fraction of sp³-hybridized carbons (Fsp3) is 0.263. The highest BCUT2D eigenvalue weighted by Crippen LogP contribution is 2.36. The number of fused-ring (bicyclic) bond motifs is 1. The Hall–Kier alpha value is -2.62. The molecule has 0 saturated heterocycles. The maximum Gasteiger partial charge on any atom is 0.316 e. The van der Waals surface area contributed by atoms with Crippen LogP contribution in [0.2, 0.25) is 0 Å².